The topological polar surface area (TPSA) is 83.7 Å². The second-order valence-corrected chi connectivity index (χ2v) is 8.71. The van der Waals surface area contributed by atoms with E-state index >= 15 is 0 Å². The molecular weight excluding hydrogens is 326 g/mol. The van der Waals surface area contributed by atoms with E-state index in [0.29, 0.717) is 30.6 Å². The van der Waals surface area contributed by atoms with E-state index in [1.165, 1.54) is 28.6 Å². The number of sulfonamides is 1. The normalized spacial score (nSPS) is 17.5. The van der Waals surface area contributed by atoms with E-state index in [0.717, 1.165) is 19.4 Å². The summed E-state index contributed by atoms with van der Waals surface area (Å²) in [7, 11) is -1.40. The number of benzene rings is 1. The van der Waals surface area contributed by atoms with Gasteiger partial charge in [0.2, 0.25) is 15.9 Å². The molecule has 0 aromatic heterocycles. The third kappa shape index (κ3) is 4.34. The van der Waals surface area contributed by atoms with Crippen LogP contribution in [0.3, 0.4) is 0 Å². The van der Waals surface area contributed by atoms with Crippen LogP contribution in [0.1, 0.15) is 37.0 Å². The minimum absolute atomic E-state index is 0.213. The maximum Gasteiger partial charge on any atom is 0.248 e. The molecule has 1 heterocycles. The Balaban J connectivity index is 2.00. The summed E-state index contributed by atoms with van der Waals surface area (Å²) in [5.41, 5.74) is 5.50. The first kappa shape index (κ1) is 18.9. The predicted octanol–water partition coefficient (Wildman–Crippen LogP) is 1.53. The molecule has 134 valence electrons. The van der Waals surface area contributed by atoms with E-state index in [9.17, 15) is 13.2 Å². The van der Waals surface area contributed by atoms with Gasteiger partial charge in [-0.2, -0.15) is 4.31 Å². The average molecular weight is 353 g/mol. The first-order valence-electron chi connectivity index (χ1n) is 8.32. The number of nitrogens with zero attached hydrogens (tertiary/aromatic N) is 2. The van der Waals surface area contributed by atoms with E-state index in [1.807, 2.05) is 0 Å². The van der Waals surface area contributed by atoms with Crippen molar-refractivity contribution in [3.8, 4) is 0 Å². The summed E-state index contributed by atoms with van der Waals surface area (Å²) in [6.07, 6.45) is 1.74. The van der Waals surface area contributed by atoms with Crippen LogP contribution >= 0.6 is 0 Å². The van der Waals surface area contributed by atoms with Crippen molar-refractivity contribution in [2.45, 2.75) is 37.6 Å². The summed E-state index contributed by atoms with van der Waals surface area (Å²) in [5.74, 6) is -0.0323. The second-order valence-electron chi connectivity index (χ2n) is 6.77. The van der Waals surface area contributed by atoms with Crippen molar-refractivity contribution in [1.29, 1.82) is 0 Å². The molecule has 0 bridgehead atoms. The van der Waals surface area contributed by atoms with Gasteiger partial charge in [-0.05, 0) is 63.9 Å². The third-order valence-electron chi connectivity index (χ3n) is 4.78. The lowest BCUT2D eigenvalue weighted by atomic mass is 9.97. The Morgan fingerprint density at radius 1 is 1.25 bits per heavy atom. The molecule has 1 aliphatic heterocycles. The maximum absolute atomic E-state index is 12.7. The number of carbonyl (C=O) groups excluding carboxylic acids is 1. The number of primary amides is 1. The minimum Gasteiger partial charge on any atom is -0.366 e. The smallest absolute Gasteiger partial charge is 0.248 e. The van der Waals surface area contributed by atoms with Crippen LogP contribution in [-0.4, -0.2) is 56.3 Å². The highest BCUT2D eigenvalue weighted by Crippen LogP contribution is 2.24. The molecular formula is C17H27N3O3S. The molecule has 2 rings (SSSR count). The van der Waals surface area contributed by atoms with Crippen LogP contribution in [0.5, 0.6) is 0 Å². The van der Waals surface area contributed by atoms with Gasteiger partial charge >= 0.3 is 0 Å². The first-order chi connectivity index (χ1) is 11.2. The fourth-order valence-corrected chi connectivity index (χ4v) is 4.36. The Kier molecular flexibility index (Phi) is 6.01. The van der Waals surface area contributed by atoms with Gasteiger partial charge in [0.25, 0.3) is 0 Å². The van der Waals surface area contributed by atoms with Crippen LogP contribution < -0.4 is 5.73 Å². The van der Waals surface area contributed by atoms with Crippen molar-refractivity contribution < 1.29 is 13.2 Å². The molecule has 1 aromatic rings. The van der Waals surface area contributed by atoms with Crippen molar-refractivity contribution >= 4 is 15.9 Å². The van der Waals surface area contributed by atoms with Crippen LogP contribution in [0.2, 0.25) is 0 Å². The Labute approximate surface area is 144 Å². The molecule has 7 heteroatoms. The summed E-state index contributed by atoms with van der Waals surface area (Å²) in [5, 5.41) is 0. The third-order valence-corrected chi connectivity index (χ3v) is 6.69. The molecule has 1 saturated heterocycles. The molecule has 0 saturated carbocycles. The molecule has 1 amide bonds. The molecule has 24 heavy (non-hydrogen) atoms. The minimum atomic E-state index is -3.51. The number of piperidine rings is 1. The monoisotopic (exact) mass is 353 g/mol. The summed E-state index contributed by atoms with van der Waals surface area (Å²) in [6.45, 7) is 6.40. The van der Waals surface area contributed by atoms with Gasteiger partial charge in [0, 0.05) is 31.2 Å². The molecule has 0 atom stereocenters. The quantitative estimate of drug-likeness (QED) is 0.840. The van der Waals surface area contributed by atoms with Gasteiger partial charge in [-0.3, -0.25) is 4.79 Å². The van der Waals surface area contributed by atoms with Gasteiger partial charge in [-0.25, -0.2) is 8.42 Å². The lowest BCUT2D eigenvalue weighted by Crippen LogP contribution is -2.42. The average Bonchev–Trinajstić information content (AvgIpc) is 2.55. The molecule has 1 aromatic carbocycles. The molecule has 1 fully saturated rings. The molecule has 0 unspecified atom stereocenters. The highest BCUT2D eigenvalue weighted by molar-refractivity contribution is 7.89. The summed E-state index contributed by atoms with van der Waals surface area (Å²) in [4.78, 5) is 13.6. The van der Waals surface area contributed by atoms with Crippen LogP contribution in [0, 0.1) is 5.92 Å². The zero-order chi connectivity index (χ0) is 17.9. The highest BCUT2D eigenvalue weighted by Gasteiger charge is 2.30. The van der Waals surface area contributed by atoms with Crippen molar-refractivity contribution in [1.82, 2.24) is 9.21 Å². The lowest BCUT2D eigenvalue weighted by molar-refractivity contribution is 0.1000. The Hall–Kier alpha value is -1.44. The van der Waals surface area contributed by atoms with Crippen LogP contribution in [0.15, 0.2) is 29.2 Å². The Morgan fingerprint density at radius 3 is 2.25 bits per heavy atom. The van der Waals surface area contributed by atoms with Gasteiger partial charge in [-0.15, -0.1) is 0 Å². The molecule has 1 aliphatic rings. The van der Waals surface area contributed by atoms with Crippen LogP contribution in [-0.2, 0) is 10.0 Å². The maximum atomic E-state index is 12.7. The molecule has 0 aliphatic carbocycles. The van der Waals surface area contributed by atoms with Gasteiger partial charge in [0.1, 0.15) is 0 Å². The van der Waals surface area contributed by atoms with E-state index < -0.39 is 15.9 Å². The lowest BCUT2D eigenvalue weighted by Gasteiger charge is -2.34. The van der Waals surface area contributed by atoms with Crippen molar-refractivity contribution in [3.05, 3.63) is 29.8 Å². The molecule has 2 N–H and O–H groups in total. The largest absolute Gasteiger partial charge is 0.366 e. The number of nitrogens with two attached hydrogens (primary N) is 1. The van der Waals surface area contributed by atoms with Gasteiger partial charge in [0.15, 0.2) is 0 Å². The van der Waals surface area contributed by atoms with Gasteiger partial charge < -0.3 is 10.6 Å². The van der Waals surface area contributed by atoms with Crippen LogP contribution in [0.25, 0.3) is 0 Å². The van der Waals surface area contributed by atoms with Crippen molar-refractivity contribution in [2.75, 3.05) is 26.7 Å². The second kappa shape index (κ2) is 7.63. The Morgan fingerprint density at radius 2 is 1.79 bits per heavy atom. The SMILES string of the molecule is CC(C)N(C)CC1CCN(S(=O)(=O)c2ccc(C(N)=O)cc2)CC1. The van der Waals surface area contributed by atoms with E-state index in [1.54, 1.807) is 0 Å². The Bertz CT molecular complexity index is 663. The van der Waals surface area contributed by atoms with Crippen LogP contribution in [0.4, 0.5) is 0 Å². The molecule has 0 spiro atoms. The fourth-order valence-electron chi connectivity index (χ4n) is 2.89. The summed E-state index contributed by atoms with van der Waals surface area (Å²) in [6, 6.07) is 6.32. The highest BCUT2D eigenvalue weighted by atomic mass is 32.2. The predicted molar refractivity (Wildman–Crippen MR) is 94.2 cm³/mol. The number of rotatable bonds is 6. The number of hydrogen-bond donors (Lipinski definition) is 1. The number of hydrogen-bond acceptors (Lipinski definition) is 4. The fraction of sp³-hybridized carbons (Fsp3) is 0.588. The van der Waals surface area contributed by atoms with E-state index in [4.69, 9.17) is 5.73 Å². The number of carbonyl (C=O) groups is 1. The number of amides is 1. The zero-order valence-electron chi connectivity index (χ0n) is 14.6. The van der Waals surface area contributed by atoms with E-state index in [2.05, 4.69) is 25.8 Å². The van der Waals surface area contributed by atoms with Crippen molar-refractivity contribution in [3.63, 3.8) is 0 Å². The molecule has 6 nitrogen and oxygen atoms in total. The standard InChI is InChI=1S/C17H27N3O3S/c1-13(2)19(3)12-14-8-10-20(11-9-14)24(22,23)16-6-4-15(5-7-16)17(18)21/h4-7,13-14H,8-12H2,1-3H3,(H2,18,21). The first-order valence-corrected chi connectivity index (χ1v) is 9.76. The summed E-state index contributed by atoms with van der Waals surface area (Å²) >= 11 is 0. The summed E-state index contributed by atoms with van der Waals surface area (Å²) < 4.78 is 26.9. The van der Waals surface area contributed by atoms with Gasteiger partial charge in [-0.1, -0.05) is 0 Å². The van der Waals surface area contributed by atoms with Crippen molar-refractivity contribution in [2.24, 2.45) is 11.7 Å². The van der Waals surface area contributed by atoms with E-state index in [-0.39, 0.29) is 4.90 Å². The van der Waals surface area contributed by atoms with Gasteiger partial charge in [0.05, 0.1) is 4.90 Å². The zero-order valence-corrected chi connectivity index (χ0v) is 15.4. The molecule has 0 radical (unpaired) electrons.